The van der Waals surface area contributed by atoms with Crippen molar-refractivity contribution < 1.29 is 0 Å². The SMILES string of the molecule is CCCC(C)(C)NCc1ccc(CC(C)C)cc1. The lowest BCUT2D eigenvalue weighted by Gasteiger charge is -2.26. The summed E-state index contributed by atoms with van der Waals surface area (Å²) in [6, 6.07) is 9.05. The normalized spacial score (nSPS) is 12.1. The molecule has 0 bridgehead atoms. The highest BCUT2D eigenvalue weighted by molar-refractivity contribution is 5.22. The third-order valence-electron chi connectivity index (χ3n) is 3.31. The van der Waals surface area contributed by atoms with E-state index in [1.54, 1.807) is 0 Å². The van der Waals surface area contributed by atoms with Crippen LogP contribution in [-0.4, -0.2) is 5.54 Å². The van der Waals surface area contributed by atoms with Crippen molar-refractivity contribution in [2.24, 2.45) is 5.92 Å². The Labute approximate surface area is 113 Å². The van der Waals surface area contributed by atoms with Crippen molar-refractivity contribution in [2.45, 2.75) is 66.0 Å². The highest BCUT2D eigenvalue weighted by Gasteiger charge is 2.14. The Kier molecular flexibility index (Phi) is 5.87. The molecule has 0 fully saturated rings. The third-order valence-corrected chi connectivity index (χ3v) is 3.31. The van der Waals surface area contributed by atoms with Crippen molar-refractivity contribution in [2.75, 3.05) is 0 Å². The first kappa shape index (κ1) is 15.2. The monoisotopic (exact) mass is 247 g/mol. The van der Waals surface area contributed by atoms with Crippen LogP contribution in [0, 0.1) is 5.92 Å². The molecule has 0 aliphatic heterocycles. The molecular weight excluding hydrogens is 218 g/mol. The maximum atomic E-state index is 3.64. The van der Waals surface area contributed by atoms with E-state index < -0.39 is 0 Å². The van der Waals surface area contributed by atoms with Crippen LogP contribution < -0.4 is 5.32 Å². The lowest BCUT2D eigenvalue weighted by Crippen LogP contribution is -2.38. The fourth-order valence-corrected chi connectivity index (χ4v) is 2.32. The van der Waals surface area contributed by atoms with E-state index in [1.165, 1.54) is 30.4 Å². The molecule has 0 aromatic heterocycles. The molecule has 1 nitrogen and oxygen atoms in total. The standard InChI is InChI=1S/C17H29N/c1-6-11-17(4,5)18-13-16-9-7-15(8-10-16)12-14(2)3/h7-10,14,18H,6,11-13H2,1-5H3. The minimum atomic E-state index is 0.241. The average Bonchev–Trinajstić information content (AvgIpc) is 2.27. The van der Waals surface area contributed by atoms with Crippen molar-refractivity contribution in [3.63, 3.8) is 0 Å². The second-order valence-corrected chi connectivity index (χ2v) is 6.40. The van der Waals surface area contributed by atoms with Gasteiger partial charge in [0.1, 0.15) is 0 Å². The van der Waals surface area contributed by atoms with E-state index in [9.17, 15) is 0 Å². The molecule has 0 spiro atoms. The van der Waals surface area contributed by atoms with E-state index in [2.05, 4.69) is 64.2 Å². The molecule has 18 heavy (non-hydrogen) atoms. The van der Waals surface area contributed by atoms with Crippen molar-refractivity contribution in [1.82, 2.24) is 5.32 Å². The van der Waals surface area contributed by atoms with Gasteiger partial charge in [0.15, 0.2) is 0 Å². The minimum absolute atomic E-state index is 0.241. The van der Waals surface area contributed by atoms with Gasteiger partial charge in [-0.1, -0.05) is 51.5 Å². The Balaban J connectivity index is 2.48. The van der Waals surface area contributed by atoms with E-state index in [4.69, 9.17) is 0 Å². The Bertz CT molecular complexity index is 335. The maximum absolute atomic E-state index is 3.64. The Morgan fingerprint density at radius 2 is 1.61 bits per heavy atom. The fourth-order valence-electron chi connectivity index (χ4n) is 2.32. The molecule has 0 unspecified atom stereocenters. The minimum Gasteiger partial charge on any atom is -0.308 e. The Morgan fingerprint density at radius 3 is 2.11 bits per heavy atom. The van der Waals surface area contributed by atoms with Crippen molar-refractivity contribution in [1.29, 1.82) is 0 Å². The van der Waals surface area contributed by atoms with E-state index in [0.29, 0.717) is 0 Å². The summed E-state index contributed by atoms with van der Waals surface area (Å²) in [4.78, 5) is 0. The van der Waals surface area contributed by atoms with Gasteiger partial charge in [0.05, 0.1) is 0 Å². The molecule has 1 aromatic carbocycles. The van der Waals surface area contributed by atoms with Crippen LogP contribution in [0.25, 0.3) is 0 Å². The summed E-state index contributed by atoms with van der Waals surface area (Å²) in [7, 11) is 0. The molecule has 0 atom stereocenters. The third kappa shape index (κ3) is 5.68. The summed E-state index contributed by atoms with van der Waals surface area (Å²) < 4.78 is 0. The molecule has 102 valence electrons. The smallest absolute Gasteiger partial charge is 0.0210 e. The summed E-state index contributed by atoms with van der Waals surface area (Å²) in [6.45, 7) is 12.3. The first-order chi connectivity index (χ1) is 8.43. The molecule has 0 aliphatic rings. The van der Waals surface area contributed by atoms with Gasteiger partial charge in [-0.05, 0) is 43.7 Å². The summed E-state index contributed by atoms with van der Waals surface area (Å²) >= 11 is 0. The topological polar surface area (TPSA) is 12.0 Å². The summed E-state index contributed by atoms with van der Waals surface area (Å²) in [5.41, 5.74) is 3.07. The summed E-state index contributed by atoms with van der Waals surface area (Å²) in [5, 5.41) is 3.64. The van der Waals surface area contributed by atoms with Gasteiger partial charge >= 0.3 is 0 Å². The predicted molar refractivity (Wildman–Crippen MR) is 80.8 cm³/mol. The Morgan fingerprint density at radius 1 is 1.06 bits per heavy atom. The van der Waals surface area contributed by atoms with Crippen LogP contribution in [0.2, 0.25) is 0 Å². The zero-order chi connectivity index (χ0) is 13.6. The van der Waals surface area contributed by atoms with Crippen LogP contribution in [0.5, 0.6) is 0 Å². The number of nitrogens with one attached hydrogen (secondary N) is 1. The molecule has 0 saturated heterocycles. The Hall–Kier alpha value is -0.820. The van der Waals surface area contributed by atoms with Crippen molar-refractivity contribution >= 4 is 0 Å². The van der Waals surface area contributed by atoms with Crippen LogP contribution in [0.1, 0.15) is 58.6 Å². The second kappa shape index (κ2) is 6.94. The zero-order valence-corrected chi connectivity index (χ0v) is 12.7. The molecule has 0 saturated carbocycles. The number of hydrogen-bond donors (Lipinski definition) is 1. The fraction of sp³-hybridized carbons (Fsp3) is 0.647. The quantitative estimate of drug-likeness (QED) is 0.745. The van der Waals surface area contributed by atoms with E-state index in [-0.39, 0.29) is 5.54 Å². The van der Waals surface area contributed by atoms with Crippen molar-refractivity contribution in [3.8, 4) is 0 Å². The summed E-state index contributed by atoms with van der Waals surface area (Å²) in [6.07, 6.45) is 3.63. The molecule has 0 radical (unpaired) electrons. The van der Waals surface area contributed by atoms with Gasteiger partial charge in [-0.2, -0.15) is 0 Å². The van der Waals surface area contributed by atoms with Crippen LogP contribution in [0.4, 0.5) is 0 Å². The van der Waals surface area contributed by atoms with E-state index >= 15 is 0 Å². The average molecular weight is 247 g/mol. The molecule has 0 heterocycles. The van der Waals surface area contributed by atoms with Gasteiger partial charge in [0.2, 0.25) is 0 Å². The van der Waals surface area contributed by atoms with Gasteiger partial charge in [-0.3, -0.25) is 0 Å². The molecule has 0 aliphatic carbocycles. The van der Waals surface area contributed by atoms with Crippen LogP contribution in [-0.2, 0) is 13.0 Å². The largest absolute Gasteiger partial charge is 0.308 e. The maximum Gasteiger partial charge on any atom is 0.0210 e. The molecular formula is C17H29N. The molecule has 1 N–H and O–H groups in total. The number of rotatable bonds is 7. The highest BCUT2D eigenvalue weighted by atomic mass is 14.9. The van der Waals surface area contributed by atoms with E-state index in [0.717, 1.165) is 12.5 Å². The number of benzene rings is 1. The van der Waals surface area contributed by atoms with Crippen LogP contribution >= 0.6 is 0 Å². The first-order valence-corrected chi connectivity index (χ1v) is 7.26. The van der Waals surface area contributed by atoms with Gasteiger partial charge in [-0.15, -0.1) is 0 Å². The van der Waals surface area contributed by atoms with Gasteiger partial charge < -0.3 is 5.32 Å². The van der Waals surface area contributed by atoms with Crippen LogP contribution in [0.15, 0.2) is 24.3 Å². The van der Waals surface area contributed by atoms with Crippen LogP contribution in [0.3, 0.4) is 0 Å². The second-order valence-electron chi connectivity index (χ2n) is 6.40. The van der Waals surface area contributed by atoms with E-state index in [1.807, 2.05) is 0 Å². The number of hydrogen-bond acceptors (Lipinski definition) is 1. The first-order valence-electron chi connectivity index (χ1n) is 7.26. The van der Waals surface area contributed by atoms with Gasteiger partial charge in [0, 0.05) is 12.1 Å². The highest BCUT2D eigenvalue weighted by Crippen LogP contribution is 2.13. The zero-order valence-electron chi connectivity index (χ0n) is 12.7. The van der Waals surface area contributed by atoms with Gasteiger partial charge in [0.25, 0.3) is 0 Å². The predicted octanol–water partition coefficient (Wildman–Crippen LogP) is 4.55. The summed E-state index contributed by atoms with van der Waals surface area (Å²) in [5.74, 6) is 0.734. The van der Waals surface area contributed by atoms with Gasteiger partial charge in [-0.25, -0.2) is 0 Å². The van der Waals surface area contributed by atoms with Crippen molar-refractivity contribution in [3.05, 3.63) is 35.4 Å². The molecule has 1 aromatic rings. The lowest BCUT2D eigenvalue weighted by atomic mass is 9.98. The lowest BCUT2D eigenvalue weighted by molar-refractivity contribution is 0.357. The molecule has 0 amide bonds. The molecule has 1 rings (SSSR count). The molecule has 1 heteroatoms.